The molecule has 0 saturated heterocycles. The fourth-order valence-corrected chi connectivity index (χ4v) is 2.71. The summed E-state index contributed by atoms with van der Waals surface area (Å²) >= 11 is 0. The van der Waals surface area contributed by atoms with Gasteiger partial charge in [-0.05, 0) is 42.7 Å². The summed E-state index contributed by atoms with van der Waals surface area (Å²) in [5.41, 5.74) is 0.699. The summed E-state index contributed by atoms with van der Waals surface area (Å²) in [5, 5.41) is 3.08. The van der Waals surface area contributed by atoms with Crippen molar-refractivity contribution < 1.29 is 19.0 Å². The van der Waals surface area contributed by atoms with E-state index < -0.39 is 0 Å². The molecule has 0 unspecified atom stereocenters. The van der Waals surface area contributed by atoms with Crippen LogP contribution in [0.3, 0.4) is 0 Å². The second kappa shape index (κ2) is 6.83. The lowest BCUT2D eigenvalue weighted by atomic mass is 10.0. The molecule has 0 aromatic heterocycles. The zero-order valence-electron chi connectivity index (χ0n) is 13.9. The van der Waals surface area contributed by atoms with E-state index in [1.54, 1.807) is 14.2 Å². The Hall–Kier alpha value is -2.69. The van der Waals surface area contributed by atoms with Crippen LogP contribution in [-0.4, -0.2) is 26.7 Å². The van der Waals surface area contributed by atoms with Gasteiger partial charge in [-0.15, -0.1) is 0 Å². The van der Waals surface area contributed by atoms with Crippen molar-refractivity contribution in [2.24, 2.45) is 0 Å². The third-order valence-corrected chi connectivity index (χ3v) is 4.18. The van der Waals surface area contributed by atoms with E-state index in [-0.39, 0.29) is 18.1 Å². The normalized spacial score (nSPS) is 14.6. The summed E-state index contributed by atoms with van der Waals surface area (Å²) in [6, 6.07) is 15.1. The molecule has 5 nitrogen and oxygen atoms in total. The van der Waals surface area contributed by atoms with Gasteiger partial charge in [0.2, 0.25) is 0 Å². The number of ether oxygens (including phenoxy) is 3. The molecule has 1 saturated carbocycles. The van der Waals surface area contributed by atoms with Gasteiger partial charge in [0.05, 0.1) is 19.8 Å². The van der Waals surface area contributed by atoms with E-state index in [4.69, 9.17) is 14.2 Å². The van der Waals surface area contributed by atoms with Gasteiger partial charge in [0.25, 0.3) is 5.91 Å². The Morgan fingerprint density at radius 3 is 2.38 bits per heavy atom. The minimum atomic E-state index is -0.323. The summed E-state index contributed by atoms with van der Waals surface area (Å²) in [5.74, 6) is 1.89. The third kappa shape index (κ3) is 3.45. The van der Waals surface area contributed by atoms with Gasteiger partial charge in [-0.3, -0.25) is 4.79 Å². The van der Waals surface area contributed by atoms with Crippen molar-refractivity contribution in [1.82, 2.24) is 5.32 Å². The number of nitrogens with one attached hydrogen (secondary N) is 1. The molecule has 2 aromatic carbocycles. The minimum absolute atomic E-state index is 0.000940. The summed E-state index contributed by atoms with van der Waals surface area (Å²) < 4.78 is 16.1. The summed E-state index contributed by atoms with van der Waals surface area (Å²) in [4.78, 5) is 12.2. The van der Waals surface area contributed by atoms with E-state index >= 15 is 0 Å². The first-order valence-corrected chi connectivity index (χ1v) is 7.88. The van der Waals surface area contributed by atoms with Gasteiger partial charge in [-0.25, -0.2) is 0 Å². The van der Waals surface area contributed by atoms with Crippen LogP contribution in [0.5, 0.6) is 17.2 Å². The number of benzene rings is 2. The first-order chi connectivity index (χ1) is 11.7. The average Bonchev–Trinajstić information content (AvgIpc) is 3.41. The molecule has 0 aliphatic heterocycles. The molecule has 3 rings (SSSR count). The van der Waals surface area contributed by atoms with E-state index in [0.29, 0.717) is 17.2 Å². The van der Waals surface area contributed by atoms with Crippen molar-refractivity contribution in [3.63, 3.8) is 0 Å². The molecule has 2 aromatic rings. The van der Waals surface area contributed by atoms with E-state index in [2.05, 4.69) is 5.32 Å². The van der Waals surface area contributed by atoms with Crippen molar-refractivity contribution in [3.8, 4) is 17.2 Å². The van der Waals surface area contributed by atoms with Crippen LogP contribution in [0.2, 0.25) is 0 Å². The number of hydrogen-bond donors (Lipinski definition) is 1. The van der Waals surface area contributed by atoms with Crippen molar-refractivity contribution in [3.05, 3.63) is 54.1 Å². The first kappa shape index (κ1) is 16.2. The van der Waals surface area contributed by atoms with Crippen molar-refractivity contribution >= 4 is 5.91 Å². The number of carbonyl (C=O) groups excluding carboxylic acids is 1. The zero-order chi connectivity index (χ0) is 17.0. The highest BCUT2D eigenvalue weighted by Gasteiger charge is 2.46. The molecule has 0 spiro atoms. The fourth-order valence-electron chi connectivity index (χ4n) is 2.71. The van der Waals surface area contributed by atoms with Crippen LogP contribution in [0.15, 0.2) is 48.5 Å². The van der Waals surface area contributed by atoms with E-state index in [1.165, 1.54) is 0 Å². The van der Waals surface area contributed by atoms with Gasteiger partial charge in [-0.2, -0.15) is 0 Å². The van der Waals surface area contributed by atoms with Crippen molar-refractivity contribution in [1.29, 1.82) is 0 Å². The molecule has 1 fully saturated rings. The minimum Gasteiger partial charge on any atom is -0.493 e. The SMILES string of the molecule is COc1ccc(C2(NC(=O)COc3ccccc3)CC2)cc1OC. The largest absolute Gasteiger partial charge is 0.493 e. The van der Waals surface area contributed by atoms with Gasteiger partial charge in [0, 0.05) is 0 Å². The van der Waals surface area contributed by atoms with E-state index in [9.17, 15) is 4.79 Å². The molecule has 0 bridgehead atoms. The fraction of sp³-hybridized carbons (Fsp3) is 0.316. The molecule has 0 atom stereocenters. The highest BCUT2D eigenvalue weighted by atomic mass is 16.5. The van der Waals surface area contributed by atoms with Crippen LogP contribution in [-0.2, 0) is 10.3 Å². The Morgan fingerprint density at radius 1 is 1.04 bits per heavy atom. The summed E-state index contributed by atoms with van der Waals surface area (Å²) in [6.07, 6.45) is 1.80. The third-order valence-electron chi connectivity index (χ3n) is 4.18. The highest BCUT2D eigenvalue weighted by Crippen LogP contribution is 2.47. The Morgan fingerprint density at radius 2 is 1.75 bits per heavy atom. The van der Waals surface area contributed by atoms with Gasteiger partial charge in [0.1, 0.15) is 5.75 Å². The second-order valence-corrected chi connectivity index (χ2v) is 5.80. The molecule has 126 valence electrons. The predicted molar refractivity (Wildman–Crippen MR) is 90.5 cm³/mol. The van der Waals surface area contributed by atoms with Crippen LogP contribution in [0.1, 0.15) is 18.4 Å². The van der Waals surface area contributed by atoms with Gasteiger partial charge >= 0.3 is 0 Å². The number of para-hydroxylation sites is 1. The molecule has 1 aliphatic carbocycles. The lowest BCUT2D eigenvalue weighted by Gasteiger charge is -2.19. The number of rotatable bonds is 7. The summed E-state index contributed by atoms with van der Waals surface area (Å²) in [6.45, 7) is -0.000940. The van der Waals surface area contributed by atoms with E-state index in [1.807, 2.05) is 48.5 Å². The van der Waals surface area contributed by atoms with Crippen LogP contribution >= 0.6 is 0 Å². The van der Waals surface area contributed by atoms with Crippen molar-refractivity contribution in [2.45, 2.75) is 18.4 Å². The molecule has 1 amide bonds. The molecular formula is C19H21NO4. The van der Waals surface area contributed by atoms with Crippen LogP contribution in [0.4, 0.5) is 0 Å². The lowest BCUT2D eigenvalue weighted by molar-refractivity contribution is -0.124. The molecule has 0 heterocycles. The predicted octanol–water partition coefficient (Wildman–Crippen LogP) is 2.89. The molecule has 5 heteroatoms. The Labute approximate surface area is 141 Å². The maximum Gasteiger partial charge on any atom is 0.258 e. The van der Waals surface area contributed by atoms with Crippen LogP contribution < -0.4 is 19.5 Å². The molecule has 0 radical (unpaired) electrons. The van der Waals surface area contributed by atoms with Gasteiger partial charge in [0.15, 0.2) is 18.1 Å². The Kier molecular flexibility index (Phi) is 4.60. The number of methoxy groups -OCH3 is 2. The van der Waals surface area contributed by atoms with Crippen LogP contribution in [0.25, 0.3) is 0 Å². The van der Waals surface area contributed by atoms with Crippen LogP contribution in [0, 0.1) is 0 Å². The maximum atomic E-state index is 12.2. The number of amides is 1. The Balaban J connectivity index is 1.65. The second-order valence-electron chi connectivity index (χ2n) is 5.80. The number of hydrogen-bond acceptors (Lipinski definition) is 4. The number of carbonyl (C=O) groups is 1. The lowest BCUT2D eigenvalue weighted by Crippen LogP contribution is -2.38. The highest BCUT2D eigenvalue weighted by molar-refractivity contribution is 5.79. The molecule has 1 aliphatic rings. The average molecular weight is 327 g/mol. The standard InChI is InChI=1S/C19H21NO4/c1-22-16-9-8-14(12-17(16)23-2)19(10-11-19)20-18(21)13-24-15-6-4-3-5-7-15/h3-9,12H,10-11,13H2,1-2H3,(H,20,21). The quantitative estimate of drug-likeness (QED) is 0.849. The molecular weight excluding hydrogens is 306 g/mol. The Bertz CT molecular complexity index is 711. The van der Waals surface area contributed by atoms with Gasteiger partial charge in [-0.1, -0.05) is 24.3 Å². The zero-order valence-corrected chi connectivity index (χ0v) is 13.9. The van der Waals surface area contributed by atoms with Crippen molar-refractivity contribution in [2.75, 3.05) is 20.8 Å². The monoisotopic (exact) mass is 327 g/mol. The first-order valence-electron chi connectivity index (χ1n) is 7.88. The smallest absolute Gasteiger partial charge is 0.258 e. The van der Waals surface area contributed by atoms with E-state index in [0.717, 1.165) is 18.4 Å². The summed E-state index contributed by atoms with van der Waals surface area (Å²) in [7, 11) is 3.21. The van der Waals surface area contributed by atoms with Gasteiger partial charge < -0.3 is 19.5 Å². The molecule has 1 N–H and O–H groups in total. The topological polar surface area (TPSA) is 56.8 Å². The maximum absolute atomic E-state index is 12.2. The molecule has 24 heavy (non-hydrogen) atoms.